The summed E-state index contributed by atoms with van der Waals surface area (Å²) in [5.74, 6) is -0.500. The summed E-state index contributed by atoms with van der Waals surface area (Å²) < 4.78 is 4.91. The van der Waals surface area contributed by atoms with Gasteiger partial charge in [0, 0.05) is 11.7 Å². The number of aliphatic hydroxyl groups excluding tert-OH is 4. The minimum Gasteiger partial charge on any atom is -0.394 e. The number of aliphatic hydroxyl groups is 4. The molecule has 6 atom stereocenters. The minimum atomic E-state index is -1.49. The van der Waals surface area contributed by atoms with Crippen molar-refractivity contribution >= 4 is 18.5 Å². The summed E-state index contributed by atoms with van der Waals surface area (Å²) in [6.07, 6.45) is -5.36. The summed E-state index contributed by atoms with van der Waals surface area (Å²) in [6, 6.07) is -1.14. The highest BCUT2D eigenvalue weighted by Gasteiger charge is 2.44. The van der Waals surface area contributed by atoms with E-state index in [9.17, 15) is 20.1 Å². The normalized spacial score (nSPS) is 38.2. The van der Waals surface area contributed by atoms with E-state index in [4.69, 9.17) is 9.84 Å². The highest BCUT2D eigenvalue weighted by atomic mass is 32.1. The third kappa shape index (κ3) is 3.34. The fraction of sp³-hybridized carbons (Fsp3) is 0.900. The van der Waals surface area contributed by atoms with E-state index in [1.165, 1.54) is 0 Å². The summed E-state index contributed by atoms with van der Waals surface area (Å²) in [6.45, 7) is 1.10. The van der Waals surface area contributed by atoms with Gasteiger partial charge in [0.05, 0.1) is 6.61 Å². The largest absolute Gasteiger partial charge is 0.394 e. The van der Waals surface area contributed by atoms with Gasteiger partial charge in [-0.2, -0.15) is 12.6 Å². The Labute approximate surface area is 110 Å². The molecule has 0 saturated carbocycles. The second-order valence-corrected chi connectivity index (χ2v) is 4.71. The van der Waals surface area contributed by atoms with Crippen LogP contribution in [0.15, 0.2) is 0 Å². The Morgan fingerprint density at radius 1 is 1.39 bits per heavy atom. The van der Waals surface area contributed by atoms with E-state index < -0.39 is 49.1 Å². The fourth-order valence-corrected chi connectivity index (χ4v) is 1.81. The molecule has 1 aliphatic heterocycles. The zero-order chi connectivity index (χ0) is 13.9. The van der Waals surface area contributed by atoms with Crippen molar-refractivity contribution in [2.24, 2.45) is 5.92 Å². The van der Waals surface area contributed by atoms with Gasteiger partial charge in [-0.05, 0) is 0 Å². The number of thiol groups is 1. The molecule has 0 radical (unpaired) electrons. The lowest BCUT2D eigenvalue weighted by atomic mass is 9.96. The molecule has 0 aromatic carbocycles. The smallest absolute Gasteiger partial charge is 0.224 e. The van der Waals surface area contributed by atoms with Crippen LogP contribution in [0, 0.1) is 5.92 Å². The number of carbonyl (C=O) groups is 1. The number of hydrogen-bond donors (Lipinski definition) is 6. The third-order valence-electron chi connectivity index (χ3n) is 2.93. The molecule has 18 heavy (non-hydrogen) atoms. The van der Waals surface area contributed by atoms with Crippen LogP contribution < -0.4 is 5.32 Å². The van der Waals surface area contributed by atoms with E-state index in [0.29, 0.717) is 5.75 Å². The first-order valence-corrected chi connectivity index (χ1v) is 6.27. The van der Waals surface area contributed by atoms with Gasteiger partial charge in [-0.1, -0.05) is 6.92 Å². The predicted octanol–water partition coefficient (Wildman–Crippen LogP) is -2.53. The standard InChI is InChI=1S/C10H19NO6S/c1-4(3-18)9(15)11-6-8(14)7(13)5(2-12)17-10(6)16/h4-8,10,12-14,16,18H,2-3H2,1H3,(H,11,15)/t4?,5?,6?,7-,8+,10?/m0/s1. The van der Waals surface area contributed by atoms with Gasteiger partial charge in [-0.3, -0.25) is 4.79 Å². The minimum absolute atomic E-state index is 0.313. The van der Waals surface area contributed by atoms with Crippen molar-refractivity contribution in [2.45, 2.75) is 37.6 Å². The second kappa shape index (κ2) is 6.69. The first-order chi connectivity index (χ1) is 8.42. The molecule has 8 heteroatoms. The molecule has 0 spiro atoms. The van der Waals surface area contributed by atoms with Crippen LogP contribution in [0.5, 0.6) is 0 Å². The van der Waals surface area contributed by atoms with E-state index in [2.05, 4.69) is 17.9 Å². The lowest BCUT2D eigenvalue weighted by molar-refractivity contribution is -0.254. The Kier molecular flexibility index (Phi) is 5.83. The lowest BCUT2D eigenvalue weighted by Crippen LogP contribution is -2.64. The highest BCUT2D eigenvalue weighted by Crippen LogP contribution is 2.20. The van der Waals surface area contributed by atoms with E-state index in [1.807, 2.05) is 0 Å². The monoisotopic (exact) mass is 281 g/mol. The van der Waals surface area contributed by atoms with Crippen LogP contribution in [0.2, 0.25) is 0 Å². The molecule has 1 rings (SSSR count). The van der Waals surface area contributed by atoms with Gasteiger partial charge in [0.25, 0.3) is 0 Å². The van der Waals surface area contributed by atoms with Crippen molar-refractivity contribution in [1.29, 1.82) is 0 Å². The van der Waals surface area contributed by atoms with E-state index in [-0.39, 0.29) is 0 Å². The van der Waals surface area contributed by atoms with Gasteiger partial charge in [-0.25, -0.2) is 0 Å². The number of carbonyl (C=O) groups excluding carboxylic acids is 1. The molecule has 106 valence electrons. The van der Waals surface area contributed by atoms with Gasteiger partial charge < -0.3 is 30.5 Å². The van der Waals surface area contributed by atoms with Crippen molar-refractivity contribution in [3.05, 3.63) is 0 Å². The van der Waals surface area contributed by atoms with Crippen LogP contribution in [0.3, 0.4) is 0 Å². The quantitative estimate of drug-likeness (QED) is 0.316. The first kappa shape index (κ1) is 15.7. The van der Waals surface area contributed by atoms with E-state index in [1.54, 1.807) is 6.92 Å². The number of amides is 1. The molecule has 0 aromatic heterocycles. The van der Waals surface area contributed by atoms with Crippen molar-refractivity contribution in [2.75, 3.05) is 12.4 Å². The number of ether oxygens (including phenoxy) is 1. The molecule has 1 aliphatic rings. The van der Waals surface area contributed by atoms with Crippen molar-refractivity contribution < 1.29 is 30.0 Å². The van der Waals surface area contributed by atoms with Crippen molar-refractivity contribution in [3.8, 4) is 0 Å². The van der Waals surface area contributed by atoms with Crippen LogP contribution in [-0.2, 0) is 9.53 Å². The molecule has 7 nitrogen and oxygen atoms in total. The molecule has 0 bridgehead atoms. The van der Waals surface area contributed by atoms with Crippen molar-refractivity contribution in [1.82, 2.24) is 5.32 Å². The third-order valence-corrected chi connectivity index (χ3v) is 3.48. The zero-order valence-corrected chi connectivity index (χ0v) is 10.8. The van der Waals surface area contributed by atoms with Crippen LogP contribution >= 0.6 is 12.6 Å². The molecule has 0 aliphatic carbocycles. The Balaban J connectivity index is 2.68. The average molecular weight is 281 g/mol. The Morgan fingerprint density at radius 2 is 2.00 bits per heavy atom. The molecule has 1 saturated heterocycles. The van der Waals surface area contributed by atoms with E-state index >= 15 is 0 Å². The summed E-state index contributed by atoms with van der Waals surface area (Å²) in [7, 11) is 0. The number of rotatable bonds is 4. The van der Waals surface area contributed by atoms with E-state index in [0.717, 1.165) is 0 Å². The predicted molar refractivity (Wildman–Crippen MR) is 64.9 cm³/mol. The fourth-order valence-electron chi connectivity index (χ4n) is 1.64. The van der Waals surface area contributed by atoms with Crippen molar-refractivity contribution in [3.63, 3.8) is 0 Å². The summed E-state index contributed by atoms with van der Waals surface area (Å²) in [5, 5.41) is 40.3. The molecule has 1 amide bonds. The number of nitrogens with one attached hydrogen (secondary N) is 1. The molecule has 1 fully saturated rings. The summed E-state index contributed by atoms with van der Waals surface area (Å²) >= 11 is 3.97. The van der Waals surface area contributed by atoms with Gasteiger partial charge in [-0.15, -0.1) is 0 Å². The van der Waals surface area contributed by atoms with Gasteiger partial charge in [0.1, 0.15) is 24.4 Å². The molecular formula is C10H19NO6S. The van der Waals surface area contributed by atoms with Crippen LogP contribution in [0.4, 0.5) is 0 Å². The Hall–Kier alpha value is -0.380. The topological polar surface area (TPSA) is 119 Å². The first-order valence-electron chi connectivity index (χ1n) is 5.64. The Morgan fingerprint density at radius 3 is 2.50 bits per heavy atom. The molecular weight excluding hydrogens is 262 g/mol. The molecule has 5 N–H and O–H groups in total. The van der Waals surface area contributed by atoms with Crippen LogP contribution in [-0.4, -0.2) is 69.3 Å². The maximum absolute atomic E-state index is 11.6. The van der Waals surface area contributed by atoms with Gasteiger partial charge >= 0.3 is 0 Å². The zero-order valence-electron chi connectivity index (χ0n) is 9.93. The van der Waals surface area contributed by atoms with Gasteiger partial charge in [0.2, 0.25) is 5.91 Å². The molecule has 1 heterocycles. The maximum atomic E-state index is 11.6. The maximum Gasteiger partial charge on any atom is 0.224 e. The highest BCUT2D eigenvalue weighted by molar-refractivity contribution is 7.80. The van der Waals surface area contributed by atoms with Crippen LogP contribution in [0.25, 0.3) is 0 Å². The van der Waals surface area contributed by atoms with Gasteiger partial charge in [0.15, 0.2) is 6.29 Å². The Bertz CT molecular complexity index is 292. The number of hydrogen-bond acceptors (Lipinski definition) is 7. The average Bonchev–Trinajstić information content (AvgIpc) is 2.37. The lowest BCUT2D eigenvalue weighted by Gasteiger charge is -2.40. The molecule has 0 aromatic rings. The van der Waals surface area contributed by atoms with Crippen LogP contribution in [0.1, 0.15) is 6.92 Å². The molecule has 4 unspecified atom stereocenters. The SMILES string of the molecule is CC(CS)C(=O)NC1C(O)OC(CO)[C@H](O)[C@@H]1O. The summed E-state index contributed by atoms with van der Waals surface area (Å²) in [5.41, 5.74) is 0. The second-order valence-electron chi connectivity index (χ2n) is 4.35. The summed E-state index contributed by atoms with van der Waals surface area (Å²) in [4.78, 5) is 11.6.